The lowest BCUT2D eigenvalue weighted by Gasteiger charge is -2.13. The number of hydrogen-bond donors (Lipinski definition) is 2. The third-order valence-electron chi connectivity index (χ3n) is 2.44. The van der Waals surface area contributed by atoms with E-state index in [0.717, 1.165) is 0 Å². The Morgan fingerprint density at radius 2 is 2.16 bits per heavy atom. The molecule has 0 aromatic heterocycles. The molecule has 0 bridgehead atoms. The maximum Gasteiger partial charge on any atom is 0.321 e. The lowest BCUT2D eigenvalue weighted by Crippen LogP contribution is -2.40. The van der Waals surface area contributed by atoms with Crippen molar-refractivity contribution in [2.75, 3.05) is 7.11 Å². The van der Waals surface area contributed by atoms with Crippen molar-refractivity contribution in [1.29, 1.82) is 0 Å². The van der Waals surface area contributed by atoms with Gasteiger partial charge in [-0.2, -0.15) is 4.72 Å². The molecule has 6 nitrogen and oxygen atoms in total. The van der Waals surface area contributed by atoms with Crippen LogP contribution in [0.3, 0.4) is 0 Å². The van der Waals surface area contributed by atoms with Crippen molar-refractivity contribution in [3.8, 4) is 5.75 Å². The number of methoxy groups -OCH3 is 1. The summed E-state index contributed by atoms with van der Waals surface area (Å²) in [5.41, 5.74) is 0. The molecule has 0 saturated carbocycles. The molecule has 0 radical (unpaired) electrons. The number of sulfonamides is 1. The Balaban J connectivity index is 3.07. The number of carboxylic acids is 1. The summed E-state index contributed by atoms with van der Waals surface area (Å²) in [6.07, 6.45) is 0.159. The smallest absolute Gasteiger partial charge is 0.321 e. The topological polar surface area (TPSA) is 92.7 Å². The summed E-state index contributed by atoms with van der Waals surface area (Å²) in [5.74, 6) is -0.720. The molecule has 0 heterocycles. The lowest BCUT2D eigenvalue weighted by atomic mass is 10.2. The molecule has 0 saturated heterocycles. The Kier molecular flexibility index (Phi) is 5.33. The van der Waals surface area contributed by atoms with E-state index in [0.29, 0.717) is 10.2 Å². The van der Waals surface area contributed by atoms with Crippen LogP contribution < -0.4 is 9.46 Å². The van der Waals surface area contributed by atoms with Crippen LogP contribution in [-0.2, 0) is 14.8 Å². The molecule has 106 valence electrons. The first-order chi connectivity index (χ1) is 8.81. The first-order valence-electron chi connectivity index (χ1n) is 5.40. The van der Waals surface area contributed by atoms with Gasteiger partial charge < -0.3 is 9.84 Å². The van der Waals surface area contributed by atoms with E-state index in [1.165, 1.54) is 25.3 Å². The standard InChI is InChI=1S/C11H14BrNO5S/c1-3-9(11(14)15)13-19(16,17)7-4-5-10(18-2)8(12)6-7/h4-6,9,13H,3H2,1-2H3,(H,14,15)/t9-/m1/s1. The molecular weight excluding hydrogens is 338 g/mol. The van der Waals surface area contributed by atoms with Gasteiger partial charge in [-0.1, -0.05) is 6.92 Å². The molecule has 1 aromatic rings. The number of rotatable bonds is 6. The van der Waals surface area contributed by atoms with Crippen molar-refractivity contribution in [3.05, 3.63) is 22.7 Å². The third kappa shape index (κ3) is 3.92. The Labute approximate surface area is 120 Å². The molecule has 8 heteroatoms. The van der Waals surface area contributed by atoms with Crippen LogP contribution in [0.15, 0.2) is 27.6 Å². The molecule has 1 rings (SSSR count). The molecule has 0 spiro atoms. The molecule has 0 fully saturated rings. The van der Waals surface area contributed by atoms with Crippen molar-refractivity contribution < 1.29 is 23.1 Å². The Morgan fingerprint density at radius 1 is 1.53 bits per heavy atom. The maximum absolute atomic E-state index is 12.0. The summed E-state index contributed by atoms with van der Waals surface area (Å²) >= 11 is 3.18. The molecule has 19 heavy (non-hydrogen) atoms. The SMILES string of the molecule is CC[C@@H](NS(=O)(=O)c1ccc(OC)c(Br)c1)C(=O)O. The predicted molar refractivity (Wildman–Crippen MR) is 72.7 cm³/mol. The van der Waals surface area contributed by atoms with E-state index in [1.807, 2.05) is 0 Å². The highest BCUT2D eigenvalue weighted by Crippen LogP contribution is 2.27. The minimum Gasteiger partial charge on any atom is -0.496 e. The molecule has 1 atom stereocenters. The molecule has 0 unspecified atom stereocenters. The second-order valence-corrected chi connectivity index (χ2v) is 6.29. The van der Waals surface area contributed by atoms with Crippen LogP contribution in [0.1, 0.15) is 13.3 Å². The fourth-order valence-corrected chi connectivity index (χ4v) is 3.37. The van der Waals surface area contributed by atoms with Crippen LogP contribution in [-0.4, -0.2) is 32.6 Å². The van der Waals surface area contributed by atoms with Gasteiger partial charge in [0.2, 0.25) is 10.0 Å². The van der Waals surface area contributed by atoms with Gasteiger partial charge in [-0.3, -0.25) is 4.79 Å². The molecule has 0 aliphatic heterocycles. The lowest BCUT2D eigenvalue weighted by molar-refractivity contribution is -0.139. The van der Waals surface area contributed by atoms with E-state index in [4.69, 9.17) is 9.84 Å². The molecule has 0 aliphatic carbocycles. The van der Waals surface area contributed by atoms with Crippen molar-refractivity contribution in [3.63, 3.8) is 0 Å². The zero-order valence-electron chi connectivity index (χ0n) is 10.4. The summed E-state index contributed by atoms with van der Waals surface area (Å²) in [4.78, 5) is 10.8. The summed E-state index contributed by atoms with van der Waals surface area (Å²) in [6, 6.07) is 3.04. The predicted octanol–water partition coefficient (Wildman–Crippen LogP) is 1.60. The number of benzene rings is 1. The average Bonchev–Trinajstić information content (AvgIpc) is 2.35. The van der Waals surface area contributed by atoms with Gasteiger partial charge in [-0.05, 0) is 40.5 Å². The number of carbonyl (C=O) groups is 1. The Morgan fingerprint density at radius 3 is 2.58 bits per heavy atom. The maximum atomic E-state index is 12.0. The largest absolute Gasteiger partial charge is 0.496 e. The average molecular weight is 352 g/mol. The van der Waals surface area contributed by atoms with Crippen molar-refractivity contribution in [1.82, 2.24) is 4.72 Å². The van der Waals surface area contributed by atoms with E-state index in [2.05, 4.69) is 20.7 Å². The van der Waals surface area contributed by atoms with Crippen LogP contribution in [0, 0.1) is 0 Å². The van der Waals surface area contributed by atoms with Crippen LogP contribution in [0.2, 0.25) is 0 Å². The number of aliphatic carboxylic acids is 1. The van der Waals surface area contributed by atoms with Gasteiger partial charge in [-0.15, -0.1) is 0 Å². The first kappa shape index (κ1) is 15.9. The fourth-order valence-electron chi connectivity index (χ4n) is 1.38. The second kappa shape index (κ2) is 6.36. The van der Waals surface area contributed by atoms with Crippen LogP contribution in [0.25, 0.3) is 0 Å². The van der Waals surface area contributed by atoms with E-state index >= 15 is 0 Å². The molecule has 0 amide bonds. The Hall–Kier alpha value is -1.12. The molecular formula is C11H14BrNO5S. The minimum atomic E-state index is -3.88. The fraction of sp³-hybridized carbons (Fsp3) is 0.364. The summed E-state index contributed by atoms with van der Waals surface area (Å²) < 4.78 is 31.6. The quantitative estimate of drug-likeness (QED) is 0.811. The summed E-state index contributed by atoms with van der Waals surface area (Å²) in [6.45, 7) is 1.59. The van der Waals surface area contributed by atoms with Gasteiger partial charge in [0.1, 0.15) is 11.8 Å². The number of carboxylic acid groups (broad SMARTS) is 1. The highest BCUT2D eigenvalue weighted by atomic mass is 79.9. The van der Waals surface area contributed by atoms with Crippen molar-refractivity contribution in [2.45, 2.75) is 24.3 Å². The highest BCUT2D eigenvalue weighted by molar-refractivity contribution is 9.10. The number of hydrogen-bond acceptors (Lipinski definition) is 4. The van der Waals surface area contributed by atoms with Crippen LogP contribution >= 0.6 is 15.9 Å². The van der Waals surface area contributed by atoms with Gasteiger partial charge >= 0.3 is 5.97 Å². The second-order valence-electron chi connectivity index (χ2n) is 3.72. The van der Waals surface area contributed by atoms with Crippen LogP contribution in [0.5, 0.6) is 5.75 Å². The first-order valence-corrected chi connectivity index (χ1v) is 7.68. The number of ether oxygens (including phenoxy) is 1. The van der Waals surface area contributed by atoms with Gasteiger partial charge in [0.15, 0.2) is 0 Å². The number of halogens is 1. The molecule has 1 aromatic carbocycles. The van der Waals surface area contributed by atoms with E-state index in [-0.39, 0.29) is 11.3 Å². The van der Waals surface area contributed by atoms with Gasteiger partial charge in [-0.25, -0.2) is 8.42 Å². The van der Waals surface area contributed by atoms with Crippen molar-refractivity contribution in [2.24, 2.45) is 0 Å². The van der Waals surface area contributed by atoms with E-state index in [9.17, 15) is 13.2 Å². The summed E-state index contributed by atoms with van der Waals surface area (Å²) in [7, 11) is -2.42. The van der Waals surface area contributed by atoms with E-state index in [1.54, 1.807) is 6.92 Å². The molecule has 2 N–H and O–H groups in total. The third-order valence-corrected chi connectivity index (χ3v) is 4.53. The Bertz CT molecular complexity index is 572. The van der Waals surface area contributed by atoms with Gasteiger partial charge in [0.25, 0.3) is 0 Å². The van der Waals surface area contributed by atoms with E-state index < -0.39 is 22.0 Å². The highest BCUT2D eigenvalue weighted by Gasteiger charge is 2.24. The van der Waals surface area contributed by atoms with Crippen molar-refractivity contribution >= 4 is 31.9 Å². The number of nitrogens with one attached hydrogen (secondary N) is 1. The zero-order valence-corrected chi connectivity index (χ0v) is 12.8. The molecule has 0 aliphatic rings. The van der Waals surface area contributed by atoms with Gasteiger partial charge in [0, 0.05) is 0 Å². The zero-order chi connectivity index (χ0) is 14.6. The summed E-state index contributed by atoms with van der Waals surface area (Å²) in [5, 5.41) is 8.86. The van der Waals surface area contributed by atoms with Crippen LogP contribution in [0.4, 0.5) is 0 Å². The van der Waals surface area contributed by atoms with Gasteiger partial charge in [0.05, 0.1) is 16.5 Å². The minimum absolute atomic E-state index is 0.0279. The monoisotopic (exact) mass is 351 g/mol. The normalized spacial score (nSPS) is 13.0.